The van der Waals surface area contributed by atoms with Gasteiger partial charge in [-0.05, 0) is 25.5 Å². The van der Waals surface area contributed by atoms with Crippen LogP contribution < -0.4 is 11.1 Å². The highest BCUT2D eigenvalue weighted by Gasteiger charge is 2.19. The number of aromatic nitrogens is 1. The summed E-state index contributed by atoms with van der Waals surface area (Å²) in [6.07, 6.45) is 2.13. The van der Waals surface area contributed by atoms with Gasteiger partial charge in [0.25, 0.3) is 5.69 Å². The Morgan fingerprint density at radius 2 is 2.35 bits per heavy atom. The number of nitrogens with one attached hydrogen (secondary N) is 1. The van der Waals surface area contributed by atoms with E-state index in [9.17, 15) is 14.5 Å². The first-order chi connectivity index (χ1) is 9.50. The molecule has 0 radical (unpaired) electrons. The highest BCUT2D eigenvalue weighted by Crippen LogP contribution is 2.32. The third-order valence-electron chi connectivity index (χ3n) is 2.92. The fraction of sp³-hybridized carbons (Fsp3) is 0.308. The molecule has 0 amide bonds. The second-order valence-corrected chi connectivity index (χ2v) is 4.60. The van der Waals surface area contributed by atoms with Crippen LogP contribution in [0.4, 0.5) is 15.8 Å². The summed E-state index contributed by atoms with van der Waals surface area (Å²) in [6, 6.07) is 4.04. The van der Waals surface area contributed by atoms with Gasteiger partial charge in [0, 0.05) is 18.8 Å². The minimum absolute atomic E-state index is 0.0113. The number of nitrogens with zero attached hydrogens (tertiary/aromatic N) is 2. The van der Waals surface area contributed by atoms with Crippen LogP contribution in [0.5, 0.6) is 0 Å². The minimum atomic E-state index is -0.687. The van der Waals surface area contributed by atoms with Crippen LogP contribution in [0.15, 0.2) is 24.4 Å². The van der Waals surface area contributed by atoms with Crippen LogP contribution in [-0.4, -0.2) is 22.5 Å². The van der Waals surface area contributed by atoms with Crippen molar-refractivity contribution in [3.8, 4) is 0 Å². The lowest BCUT2D eigenvalue weighted by atomic mass is 10.1. The molecule has 106 valence electrons. The predicted molar refractivity (Wildman–Crippen MR) is 75.1 cm³/mol. The number of rotatable bonds is 5. The molecule has 0 bridgehead atoms. The Bertz CT molecular complexity index is 646. The third kappa shape index (κ3) is 2.83. The van der Waals surface area contributed by atoms with Gasteiger partial charge in [-0.25, -0.2) is 4.39 Å². The van der Waals surface area contributed by atoms with E-state index in [4.69, 9.17) is 5.73 Å². The fourth-order valence-electron chi connectivity index (χ4n) is 1.94. The van der Waals surface area contributed by atoms with Gasteiger partial charge >= 0.3 is 0 Å². The van der Waals surface area contributed by atoms with Crippen molar-refractivity contribution in [2.45, 2.75) is 19.4 Å². The van der Waals surface area contributed by atoms with Gasteiger partial charge in [0.1, 0.15) is 5.52 Å². The Morgan fingerprint density at radius 3 is 3.00 bits per heavy atom. The van der Waals surface area contributed by atoms with E-state index >= 15 is 0 Å². The van der Waals surface area contributed by atoms with Crippen LogP contribution in [-0.2, 0) is 0 Å². The number of pyridine rings is 1. The smallest absolute Gasteiger partial charge is 0.281 e. The molecule has 0 fully saturated rings. The monoisotopic (exact) mass is 278 g/mol. The minimum Gasteiger partial charge on any atom is -0.381 e. The zero-order chi connectivity index (χ0) is 14.7. The Labute approximate surface area is 115 Å². The first kappa shape index (κ1) is 14.1. The average molecular weight is 278 g/mol. The number of nitro groups is 1. The van der Waals surface area contributed by atoms with Gasteiger partial charge in [0.2, 0.25) is 0 Å². The fourth-order valence-corrected chi connectivity index (χ4v) is 1.94. The third-order valence-corrected chi connectivity index (χ3v) is 2.92. The van der Waals surface area contributed by atoms with Crippen molar-refractivity contribution in [2.24, 2.45) is 5.73 Å². The van der Waals surface area contributed by atoms with Crippen LogP contribution in [0.25, 0.3) is 10.9 Å². The summed E-state index contributed by atoms with van der Waals surface area (Å²) in [7, 11) is 0. The summed E-state index contributed by atoms with van der Waals surface area (Å²) >= 11 is 0. The average Bonchev–Trinajstić information content (AvgIpc) is 2.40. The zero-order valence-electron chi connectivity index (χ0n) is 11.0. The normalized spacial score (nSPS) is 12.3. The van der Waals surface area contributed by atoms with Gasteiger partial charge in [-0.3, -0.25) is 15.1 Å². The molecule has 3 N–H and O–H groups in total. The van der Waals surface area contributed by atoms with Gasteiger partial charge in [-0.1, -0.05) is 0 Å². The van der Waals surface area contributed by atoms with Crippen molar-refractivity contribution in [3.63, 3.8) is 0 Å². The van der Waals surface area contributed by atoms with E-state index in [0.29, 0.717) is 18.4 Å². The van der Waals surface area contributed by atoms with Gasteiger partial charge in [0.15, 0.2) is 5.82 Å². The lowest BCUT2D eigenvalue weighted by molar-refractivity contribution is -0.383. The lowest BCUT2D eigenvalue weighted by Gasteiger charge is -2.11. The van der Waals surface area contributed by atoms with Gasteiger partial charge < -0.3 is 11.1 Å². The molecule has 1 aromatic carbocycles. The highest BCUT2D eigenvalue weighted by atomic mass is 19.1. The SMILES string of the molecule is CC(N)CCNc1c(F)cc([N+](=O)[O-])c2cccnc12. The first-order valence-corrected chi connectivity index (χ1v) is 6.21. The standard InChI is InChI=1S/C13H15FN4O2/c1-8(15)4-6-17-13-10(14)7-11(18(19)20)9-3-2-5-16-12(9)13/h2-3,5,7-8,17H,4,6,15H2,1H3. The van der Waals surface area contributed by atoms with E-state index in [2.05, 4.69) is 10.3 Å². The second-order valence-electron chi connectivity index (χ2n) is 4.60. The zero-order valence-corrected chi connectivity index (χ0v) is 11.0. The van der Waals surface area contributed by atoms with E-state index in [0.717, 1.165) is 6.07 Å². The lowest BCUT2D eigenvalue weighted by Crippen LogP contribution is -2.19. The van der Waals surface area contributed by atoms with E-state index in [1.807, 2.05) is 6.92 Å². The summed E-state index contributed by atoms with van der Waals surface area (Å²) in [6.45, 7) is 2.32. The quantitative estimate of drug-likeness (QED) is 0.647. The van der Waals surface area contributed by atoms with Crippen molar-refractivity contribution in [1.82, 2.24) is 4.98 Å². The van der Waals surface area contributed by atoms with Crippen LogP contribution in [0.3, 0.4) is 0 Å². The first-order valence-electron chi connectivity index (χ1n) is 6.21. The molecule has 0 saturated heterocycles. The summed E-state index contributed by atoms with van der Waals surface area (Å²) < 4.78 is 14.0. The molecule has 6 nitrogen and oxygen atoms in total. The van der Waals surface area contributed by atoms with Crippen LogP contribution in [0.1, 0.15) is 13.3 Å². The number of halogens is 1. The largest absolute Gasteiger partial charge is 0.381 e. The molecule has 0 saturated carbocycles. The molecule has 20 heavy (non-hydrogen) atoms. The molecule has 2 aromatic rings. The number of non-ortho nitro benzene ring substituents is 1. The number of hydrogen-bond donors (Lipinski definition) is 2. The van der Waals surface area contributed by atoms with Gasteiger partial charge in [0.05, 0.1) is 22.1 Å². The molecule has 1 atom stereocenters. The molecule has 0 spiro atoms. The molecular formula is C13H15FN4O2. The van der Waals surface area contributed by atoms with Crippen molar-refractivity contribution in [1.29, 1.82) is 0 Å². The maximum absolute atomic E-state index is 14.0. The number of nitro benzene ring substituents is 1. The van der Waals surface area contributed by atoms with Crippen LogP contribution in [0, 0.1) is 15.9 Å². The summed E-state index contributed by atoms with van der Waals surface area (Å²) in [5, 5.41) is 14.2. The van der Waals surface area contributed by atoms with Crippen LogP contribution >= 0.6 is 0 Å². The number of anilines is 1. The molecule has 7 heteroatoms. The van der Waals surface area contributed by atoms with E-state index < -0.39 is 10.7 Å². The van der Waals surface area contributed by atoms with E-state index in [1.165, 1.54) is 6.20 Å². The van der Waals surface area contributed by atoms with E-state index in [1.54, 1.807) is 12.1 Å². The van der Waals surface area contributed by atoms with Gasteiger partial charge in [-0.2, -0.15) is 0 Å². The number of fused-ring (bicyclic) bond motifs is 1. The van der Waals surface area contributed by atoms with E-state index in [-0.39, 0.29) is 22.9 Å². The molecule has 1 aromatic heterocycles. The van der Waals surface area contributed by atoms with Crippen molar-refractivity contribution in [3.05, 3.63) is 40.3 Å². The molecule has 2 rings (SSSR count). The maximum atomic E-state index is 14.0. The Kier molecular flexibility index (Phi) is 4.09. The predicted octanol–water partition coefficient (Wildman–Crippen LogP) is 2.43. The Hall–Kier alpha value is -2.28. The molecular weight excluding hydrogens is 263 g/mol. The van der Waals surface area contributed by atoms with Gasteiger partial charge in [-0.15, -0.1) is 0 Å². The molecule has 0 aliphatic heterocycles. The molecule has 0 aliphatic carbocycles. The number of benzene rings is 1. The Morgan fingerprint density at radius 1 is 1.60 bits per heavy atom. The Balaban J connectivity index is 2.47. The van der Waals surface area contributed by atoms with Crippen molar-refractivity contribution < 1.29 is 9.31 Å². The number of nitrogens with two attached hydrogens (primary N) is 1. The summed E-state index contributed by atoms with van der Waals surface area (Å²) in [4.78, 5) is 14.4. The maximum Gasteiger partial charge on any atom is 0.281 e. The molecule has 1 unspecified atom stereocenters. The summed E-state index contributed by atoms with van der Waals surface area (Å²) in [5.41, 5.74) is 5.77. The van der Waals surface area contributed by atoms with Crippen LogP contribution in [0.2, 0.25) is 0 Å². The highest BCUT2D eigenvalue weighted by molar-refractivity contribution is 5.97. The summed E-state index contributed by atoms with van der Waals surface area (Å²) in [5.74, 6) is -0.687. The number of hydrogen-bond acceptors (Lipinski definition) is 5. The van der Waals surface area contributed by atoms with Crippen molar-refractivity contribution >= 4 is 22.3 Å². The molecule has 1 heterocycles. The second kappa shape index (κ2) is 5.79. The van der Waals surface area contributed by atoms with Crippen molar-refractivity contribution in [2.75, 3.05) is 11.9 Å². The topological polar surface area (TPSA) is 94.1 Å². The molecule has 0 aliphatic rings.